The molecular formula is C23H24FN3O4. The van der Waals surface area contributed by atoms with Crippen molar-refractivity contribution >= 4 is 23.5 Å². The summed E-state index contributed by atoms with van der Waals surface area (Å²) in [6.45, 7) is 3.62. The first kappa shape index (κ1) is 20.8. The van der Waals surface area contributed by atoms with E-state index in [0.717, 1.165) is 28.9 Å². The van der Waals surface area contributed by atoms with E-state index in [0.29, 0.717) is 23.5 Å². The second kappa shape index (κ2) is 7.68. The lowest BCUT2D eigenvalue weighted by atomic mass is 9.92. The van der Waals surface area contributed by atoms with Crippen LogP contribution in [0.15, 0.2) is 36.4 Å². The minimum atomic E-state index is -1.36. The third kappa shape index (κ3) is 3.41. The maximum Gasteiger partial charge on any atom is 0.325 e. The Labute approximate surface area is 179 Å². The van der Waals surface area contributed by atoms with Gasteiger partial charge in [-0.15, -0.1) is 0 Å². The Balaban J connectivity index is 1.60. The molecule has 31 heavy (non-hydrogen) atoms. The van der Waals surface area contributed by atoms with Gasteiger partial charge in [-0.25, -0.2) is 9.18 Å². The van der Waals surface area contributed by atoms with Crippen molar-refractivity contribution in [1.82, 2.24) is 10.2 Å². The van der Waals surface area contributed by atoms with Crippen LogP contribution < -0.4 is 15.0 Å². The van der Waals surface area contributed by atoms with Gasteiger partial charge >= 0.3 is 6.03 Å². The van der Waals surface area contributed by atoms with Gasteiger partial charge < -0.3 is 15.0 Å². The van der Waals surface area contributed by atoms with Gasteiger partial charge in [-0.05, 0) is 61.6 Å². The summed E-state index contributed by atoms with van der Waals surface area (Å²) in [7, 11) is 1.55. The number of amides is 4. The number of carbonyl (C=O) groups is 3. The van der Waals surface area contributed by atoms with Crippen molar-refractivity contribution < 1.29 is 23.5 Å². The monoisotopic (exact) mass is 425 g/mol. The molecule has 2 aliphatic heterocycles. The van der Waals surface area contributed by atoms with Crippen molar-refractivity contribution in [2.75, 3.05) is 25.1 Å². The number of hydrogen-bond acceptors (Lipinski definition) is 4. The van der Waals surface area contributed by atoms with E-state index in [1.807, 2.05) is 19.1 Å². The zero-order chi connectivity index (χ0) is 22.3. The summed E-state index contributed by atoms with van der Waals surface area (Å²) in [5.41, 5.74) is 1.88. The molecule has 4 rings (SSSR count). The number of imide groups is 1. The van der Waals surface area contributed by atoms with Gasteiger partial charge in [-0.3, -0.25) is 14.5 Å². The number of nitrogens with one attached hydrogen (secondary N) is 1. The predicted octanol–water partition coefficient (Wildman–Crippen LogP) is 2.89. The lowest BCUT2D eigenvalue weighted by Crippen LogP contribution is -2.46. The van der Waals surface area contributed by atoms with Crippen LogP contribution in [0.4, 0.5) is 14.9 Å². The molecule has 0 aromatic heterocycles. The summed E-state index contributed by atoms with van der Waals surface area (Å²) in [5.74, 6) is -0.770. The average Bonchev–Trinajstić information content (AvgIpc) is 2.98. The molecule has 0 bridgehead atoms. The standard InChI is InChI=1S/C23H24FN3O4/c1-14-6-11-18(31-3)20-17(14)5-4-12-26(20)19(28)13-27-21(29)23(2,25-22(27)30)15-7-9-16(24)10-8-15/h6-11H,4-5,12-13H2,1-3H3,(H,25,30). The van der Waals surface area contributed by atoms with Crippen LogP contribution in [-0.4, -0.2) is 42.9 Å². The van der Waals surface area contributed by atoms with E-state index in [-0.39, 0.29) is 5.91 Å². The van der Waals surface area contributed by atoms with E-state index in [1.54, 1.807) is 18.9 Å². The number of fused-ring (bicyclic) bond motifs is 1. The number of ether oxygens (including phenoxy) is 1. The molecule has 1 atom stereocenters. The highest BCUT2D eigenvalue weighted by Crippen LogP contribution is 2.38. The fourth-order valence-corrected chi connectivity index (χ4v) is 4.31. The van der Waals surface area contributed by atoms with Gasteiger partial charge in [0.05, 0.1) is 12.8 Å². The number of nitrogens with zero attached hydrogens (tertiary/aromatic N) is 2. The summed E-state index contributed by atoms with van der Waals surface area (Å²) >= 11 is 0. The van der Waals surface area contributed by atoms with Crippen LogP contribution in [0.5, 0.6) is 5.75 Å². The number of benzene rings is 2. The van der Waals surface area contributed by atoms with E-state index in [4.69, 9.17) is 4.74 Å². The second-order valence-corrected chi connectivity index (χ2v) is 8.01. The van der Waals surface area contributed by atoms with E-state index in [1.165, 1.54) is 24.3 Å². The highest BCUT2D eigenvalue weighted by Gasteiger charge is 2.50. The highest BCUT2D eigenvalue weighted by atomic mass is 19.1. The number of aryl methyl sites for hydroxylation is 1. The molecule has 0 radical (unpaired) electrons. The molecule has 2 aliphatic rings. The van der Waals surface area contributed by atoms with Crippen LogP contribution in [0, 0.1) is 12.7 Å². The second-order valence-electron chi connectivity index (χ2n) is 8.01. The number of rotatable bonds is 4. The molecule has 0 saturated carbocycles. The first-order valence-electron chi connectivity index (χ1n) is 10.1. The molecule has 4 amide bonds. The van der Waals surface area contributed by atoms with E-state index >= 15 is 0 Å². The summed E-state index contributed by atoms with van der Waals surface area (Å²) in [6, 6.07) is 8.48. The Morgan fingerprint density at radius 1 is 1.19 bits per heavy atom. The molecule has 8 heteroatoms. The van der Waals surface area contributed by atoms with Gasteiger partial charge in [0.25, 0.3) is 5.91 Å². The number of hydrogen-bond donors (Lipinski definition) is 1. The summed E-state index contributed by atoms with van der Waals surface area (Å²) in [4.78, 5) is 41.5. The SMILES string of the molecule is COc1ccc(C)c2c1N(C(=O)CN1C(=O)NC(C)(c3ccc(F)cc3)C1=O)CCC2. The van der Waals surface area contributed by atoms with Gasteiger partial charge in [0.1, 0.15) is 23.7 Å². The summed E-state index contributed by atoms with van der Waals surface area (Å²) in [5, 5.41) is 2.64. The van der Waals surface area contributed by atoms with Crippen LogP contribution in [0.2, 0.25) is 0 Å². The minimum Gasteiger partial charge on any atom is -0.495 e. The molecule has 2 aromatic carbocycles. The maximum absolute atomic E-state index is 13.3. The van der Waals surface area contributed by atoms with E-state index < -0.39 is 29.8 Å². The molecule has 2 aromatic rings. The number of methoxy groups -OCH3 is 1. The van der Waals surface area contributed by atoms with Crippen molar-refractivity contribution in [2.24, 2.45) is 0 Å². The largest absolute Gasteiger partial charge is 0.495 e. The van der Waals surface area contributed by atoms with Crippen LogP contribution in [0.1, 0.15) is 30.0 Å². The third-order valence-corrected chi connectivity index (χ3v) is 6.07. The molecule has 7 nitrogen and oxygen atoms in total. The van der Waals surface area contributed by atoms with E-state index in [9.17, 15) is 18.8 Å². The predicted molar refractivity (Wildman–Crippen MR) is 112 cm³/mol. The number of urea groups is 1. The molecule has 162 valence electrons. The molecule has 0 spiro atoms. The number of anilines is 1. The number of halogens is 1. The molecule has 1 N–H and O–H groups in total. The molecular weight excluding hydrogens is 401 g/mol. The van der Waals surface area contributed by atoms with Crippen molar-refractivity contribution in [2.45, 2.75) is 32.2 Å². The van der Waals surface area contributed by atoms with Gasteiger partial charge in [0.2, 0.25) is 5.91 Å². The molecule has 1 unspecified atom stereocenters. The van der Waals surface area contributed by atoms with Gasteiger partial charge in [0, 0.05) is 6.54 Å². The van der Waals surface area contributed by atoms with Gasteiger partial charge in [-0.2, -0.15) is 0 Å². The van der Waals surface area contributed by atoms with Crippen LogP contribution in [0.3, 0.4) is 0 Å². The van der Waals surface area contributed by atoms with Crippen molar-refractivity contribution in [3.63, 3.8) is 0 Å². The molecule has 1 saturated heterocycles. The van der Waals surface area contributed by atoms with Crippen molar-refractivity contribution in [3.05, 3.63) is 58.9 Å². The third-order valence-electron chi connectivity index (χ3n) is 6.07. The highest BCUT2D eigenvalue weighted by molar-refractivity contribution is 6.11. The first-order valence-corrected chi connectivity index (χ1v) is 10.1. The Morgan fingerprint density at radius 3 is 2.58 bits per heavy atom. The Kier molecular flexibility index (Phi) is 5.16. The quantitative estimate of drug-likeness (QED) is 0.764. The summed E-state index contributed by atoms with van der Waals surface area (Å²) < 4.78 is 18.8. The maximum atomic E-state index is 13.3. The smallest absolute Gasteiger partial charge is 0.325 e. The van der Waals surface area contributed by atoms with Crippen molar-refractivity contribution in [3.8, 4) is 5.75 Å². The minimum absolute atomic E-state index is 0.364. The van der Waals surface area contributed by atoms with Crippen LogP contribution in [-0.2, 0) is 21.5 Å². The molecule has 1 fully saturated rings. The zero-order valence-electron chi connectivity index (χ0n) is 17.7. The average molecular weight is 425 g/mol. The van der Waals surface area contributed by atoms with E-state index in [2.05, 4.69) is 5.32 Å². The molecule has 0 aliphatic carbocycles. The first-order chi connectivity index (χ1) is 14.8. The van der Waals surface area contributed by atoms with Gasteiger partial charge in [0.15, 0.2) is 0 Å². The van der Waals surface area contributed by atoms with Crippen LogP contribution in [0.25, 0.3) is 0 Å². The Morgan fingerprint density at radius 2 is 1.90 bits per heavy atom. The Bertz CT molecular complexity index is 1070. The van der Waals surface area contributed by atoms with Crippen LogP contribution >= 0.6 is 0 Å². The lowest BCUT2D eigenvalue weighted by molar-refractivity contribution is -0.134. The normalized spacial score (nSPS) is 20.5. The van der Waals surface area contributed by atoms with Crippen molar-refractivity contribution in [1.29, 1.82) is 0 Å². The fourth-order valence-electron chi connectivity index (χ4n) is 4.31. The topological polar surface area (TPSA) is 79.0 Å². The fraction of sp³-hybridized carbons (Fsp3) is 0.348. The van der Waals surface area contributed by atoms with Gasteiger partial charge in [-0.1, -0.05) is 18.2 Å². The summed E-state index contributed by atoms with van der Waals surface area (Å²) in [6.07, 6.45) is 1.61. The number of carbonyl (C=O) groups excluding carboxylic acids is 3. The Hall–Kier alpha value is -3.42. The zero-order valence-corrected chi connectivity index (χ0v) is 17.7. The lowest BCUT2D eigenvalue weighted by Gasteiger charge is -2.32. The molecule has 2 heterocycles.